The summed E-state index contributed by atoms with van der Waals surface area (Å²) in [5, 5.41) is 0. The van der Waals surface area contributed by atoms with Gasteiger partial charge in [0.2, 0.25) is 0 Å². The van der Waals surface area contributed by atoms with Gasteiger partial charge in [0.15, 0.2) is 0 Å². The van der Waals surface area contributed by atoms with Gasteiger partial charge in [0.1, 0.15) is 0 Å². The lowest BCUT2D eigenvalue weighted by Gasteiger charge is -2.35. The molecular formula is C13H20N2O. The molecule has 0 atom stereocenters. The summed E-state index contributed by atoms with van der Waals surface area (Å²) in [4.78, 5) is 14.2. The monoisotopic (exact) mass is 220 g/mol. The van der Waals surface area contributed by atoms with E-state index in [-0.39, 0.29) is 5.56 Å². The molecule has 16 heavy (non-hydrogen) atoms. The van der Waals surface area contributed by atoms with Gasteiger partial charge in [-0.3, -0.25) is 4.79 Å². The molecule has 1 aromatic heterocycles. The van der Waals surface area contributed by atoms with E-state index in [1.54, 1.807) is 6.07 Å². The highest BCUT2D eigenvalue weighted by molar-refractivity contribution is 4.96. The van der Waals surface area contributed by atoms with Crippen molar-refractivity contribution in [2.24, 2.45) is 0 Å². The molecule has 1 saturated heterocycles. The molecule has 0 N–H and O–H groups in total. The van der Waals surface area contributed by atoms with Gasteiger partial charge >= 0.3 is 0 Å². The first-order chi connectivity index (χ1) is 7.68. The van der Waals surface area contributed by atoms with Crippen LogP contribution in [0.2, 0.25) is 0 Å². The van der Waals surface area contributed by atoms with Crippen LogP contribution in [0.25, 0.3) is 0 Å². The highest BCUT2D eigenvalue weighted by atomic mass is 16.1. The van der Waals surface area contributed by atoms with Gasteiger partial charge in [-0.05, 0) is 32.8 Å². The number of nitrogens with zero attached hydrogens (tertiary/aromatic N) is 2. The summed E-state index contributed by atoms with van der Waals surface area (Å²) in [5.41, 5.74) is 0.130. The molecule has 1 aliphatic rings. The first kappa shape index (κ1) is 11.4. The summed E-state index contributed by atoms with van der Waals surface area (Å²) in [7, 11) is 0. The normalized spacial score (nSPS) is 19.2. The molecule has 3 heteroatoms. The standard InChI is InChI=1S/C13H20N2O/c1-11(2)14-9-6-12(7-10-14)15-8-4-3-5-13(15)16/h3-5,8,11-12H,6-7,9-10H2,1-2H3. The van der Waals surface area contributed by atoms with E-state index < -0.39 is 0 Å². The van der Waals surface area contributed by atoms with Crippen molar-refractivity contribution in [1.82, 2.24) is 9.47 Å². The summed E-state index contributed by atoms with van der Waals surface area (Å²) in [6.07, 6.45) is 4.09. The second kappa shape index (κ2) is 4.83. The van der Waals surface area contributed by atoms with Crippen LogP contribution >= 0.6 is 0 Å². The van der Waals surface area contributed by atoms with Crippen molar-refractivity contribution in [3.8, 4) is 0 Å². The molecule has 0 spiro atoms. The molecular weight excluding hydrogens is 200 g/mol. The van der Waals surface area contributed by atoms with Crippen molar-refractivity contribution >= 4 is 0 Å². The van der Waals surface area contributed by atoms with Crippen LogP contribution in [0.4, 0.5) is 0 Å². The van der Waals surface area contributed by atoms with Crippen LogP contribution in [0.5, 0.6) is 0 Å². The fraction of sp³-hybridized carbons (Fsp3) is 0.615. The number of hydrogen-bond acceptors (Lipinski definition) is 2. The fourth-order valence-electron chi connectivity index (χ4n) is 2.42. The Morgan fingerprint density at radius 1 is 1.25 bits per heavy atom. The van der Waals surface area contributed by atoms with E-state index in [1.807, 2.05) is 22.9 Å². The van der Waals surface area contributed by atoms with Gasteiger partial charge in [-0.15, -0.1) is 0 Å². The Morgan fingerprint density at radius 2 is 1.94 bits per heavy atom. The third kappa shape index (κ3) is 2.35. The second-order valence-corrected chi connectivity index (χ2v) is 4.81. The third-order valence-corrected chi connectivity index (χ3v) is 3.47. The Bertz CT molecular complexity index is 389. The number of hydrogen-bond donors (Lipinski definition) is 0. The first-order valence-electron chi connectivity index (χ1n) is 6.09. The van der Waals surface area contributed by atoms with E-state index in [2.05, 4.69) is 18.7 Å². The van der Waals surface area contributed by atoms with E-state index in [4.69, 9.17) is 0 Å². The van der Waals surface area contributed by atoms with Crippen molar-refractivity contribution in [3.63, 3.8) is 0 Å². The molecule has 88 valence electrons. The zero-order chi connectivity index (χ0) is 11.5. The van der Waals surface area contributed by atoms with E-state index in [9.17, 15) is 4.79 Å². The minimum atomic E-state index is 0.130. The predicted octanol–water partition coefficient (Wildman–Crippen LogP) is 1.89. The molecule has 0 aliphatic carbocycles. The lowest BCUT2D eigenvalue weighted by Crippen LogP contribution is -2.40. The molecule has 0 bridgehead atoms. The predicted molar refractivity (Wildman–Crippen MR) is 65.7 cm³/mol. The zero-order valence-corrected chi connectivity index (χ0v) is 10.1. The van der Waals surface area contributed by atoms with Crippen molar-refractivity contribution in [2.75, 3.05) is 13.1 Å². The van der Waals surface area contributed by atoms with Crippen LogP contribution in [0, 0.1) is 0 Å². The molecule has 3 nitrogen and oxygen atoms in total. The minimum Gasteiger partial charge on any atom is -0.312 e. The van der Waals surface area contributed by atoms with Crippen LogP contribution < -0.4 is 5.56 Å². The van der Waals surface area contributed by atoms with Gasteiger partial charge in [-0.25, -0.2) is 0 Å². The Morgan fingerprint density at radius 3 is 2.50 bits per heavy atom. The Kier molecular flexibility index (Phi) is 3.44. The fourth-order valence-corrected chi connectivity index (χ4v) is 2.42. The Labute approximate surface area is 96.7 Å². The average Bonchev–Trinajstić information content (AvgIpc) is 2.30. The van der Waals surface area contributed by atoms with E-state index >= 15 is 0 Å². The maximum absolute atomic E-state index is 11.7. The minimum absolute atomic E-state index is 0.130. The maximum Gasteiger partial charge on any atom is 0.250 e. The molecule has 2 rings (SSSR count). The van der Waals surface area contributed by atoms with Crippen LogP contribution in [0.1, 0.15) is 32.7 Å². The van der Waals surface area contributed by atoms with Crippen LogP contribution in [-0.4, -0.2) is 28.6 Å². The molecule has 1 aromatic rings. The average molecular weight is 220 g/mol. The topological polar surface area (TPSA) is 25.2 Å². The SMILES string of the molecule is CC(C)N1CCC(n2ccccc2=O)CC1. The molecule has 2 heterocycles. The van der Waals surface area contributed by atoms with Crippen molar-refractivity contribution < 1.29 is 0 Å². The molecule has 0 radical (unpaired) electrons. The smallest absolute Gasteiger partial charge is 0.250 e. The Balaban J connectivity index is 2.05. The quantitative estimate of drug-likeness (QED) is 0.760. The largest absolute Gasteiger partial charge is 0.312 e. The number of pyridine rings is 1. The zero-order valence-electron chi connectivity index (χ0n) is 10.1. The molecule has 0 amide bonds. The third-order valence-electron chi connectivity index (χ3n) is 3.47. The number of rotatable bonds is 2. The number of likely N-dealkylation sites (tertiary alicyclic amines) is 1. The van der Waals surface area contributed by atoms with Gasteiger partial charge in [0, 0.05) is 37.4 Å². The van der Waals surface area contributed by atoms with Crippen molar-refractivity contribution in [2.45, 2.75) is 38.8 Å². The highest BCUT2D eigenvalue weighted by Crippen LogP contribution is 2.21. The lowest BCUT2D eigenvalue weighted by atomic mass is 10.0. The summed E-state index contributed by atoms with van der Waals surface area (Å²) in [6, 6.07) is 6.41. The van der Waals surface area contributed by atoms with Gasteiger partial charge in [-0.2, -0.15) is 0 Å². The van der Waals surface area contributed by atoms with Crippen LogP contribution in [-0.2, 0) is 0 Å². The van der Waals surface area contributed by atoms with E-state index in [0.29, 0.717) is 12.1 Å². The molecule has 0 aromatic carbocycles. The summed E-state index contributed by atoms with van der Waals surface area (Å²) in [5.74, 6) is 0. The first-order valence-corrected chi connectivity index (χ1v) is 6.09. The highest BCUT2D eigenvalue weighted by Gasteiger charge is 2.21. The summed E-state index contributed by atoms with van der Waals surface area (Å²) in [6.45, 7) is 6.66. The molecule has 1 fully saturated rings. The van der Waals surface area contributed by atoms with Crippen molar-refractivity contribution in [3.05, 3.63) is 34.7 Å². The number of piperidine rings is 1. The number of aromatic nitrogens is 1. The van der Waals surface area contributed by atoms with Gasteiger partial charge < -0.3 is 9.47 Å². The van der Waals surface area contributed by atoms with Gasteiger partial charge in [-0.1, -0.05) is 6.07 Å². The van der Waals surface area contributed by atoms with Gasteiger partial charge in [0.25, 0.3) is 5.56 Å². The van der Waals surface area contributed by atoms with Gasteiger partial charge in [0.05, 0.1) is 0 Å². The van der Waals surface area contributed by atoms with Crippen molar-refractivity contribution in [1.29, 1.82) is 0 Å². The molecule has 0 saturated carbocycles. The summed E-state index contributed by atoms with van der Waals surface area (Å²) < 4.78 is 1.89. The van der Waals surface area contributed by atoms with Crippen LogP contribution in [0.3, 0.4) is 0 Å². The van der Waals surface area contributed by atoms with E-state index in [0.717, 1.165) is 25.9 Å². The summed E-state index contributed by atoms with van der Waals surface area (Å²) >= 11 is 0. The van der Waals surface area contributed by atoms with Crippen LogP contribution in [0.15, 0.2) is 29.2 Å². The second-order valence-electron chi connectivity index (χ2n) is 4.81. The molecule has 0 unspecified atom stereocenters. The molecule has 1 aliphatic heterocycles. The van der Waals surface area contributed by atoms with E-state index in [1.165, 1.54) is 0 Å². The Hall–Kier alpha value is -1.09. The maximum atomic E-state index is 11.7. The lowest BCUT2D eigenvalue weighted by molar-refractivity contribution is 0.150.